The van der Waals surface area contributed by atoms with Gasteiger partial charge in [0, 0.05) is 22.1 Å². The van der Waals surface area contributed by atoms with E-state index < -0.39 is 11.9 Å². The third kappa shape index (κ3) is 3.56. The third-order valence-corrected chi connectivity index (χ3v) is 6.56. The second-order valence-corrected chi connectivity index (χ2v) is 8.89. The second kappa shape index (κ2) is 8.39. The highest BCUT2D eigenvalue weighted by Gasteiger charge is 2.39. The number of rotatable bonds is 3. The molecule has 36 heavy (non-hydrogen) atoms. The first-order chi connectivity index (χ1) is 17.4. The Kier molecular flexibility index (Phi) is 5.16. The van der Waals surface area contributed by atoms with E-state index in [1.165, 1.54) is 12.3 Å². The molecule has 3 aromatic carbocycles. The number of esters is 1. The number of allylic oxidation sites excluding steroid dienone is 1. The van der Waals surface area contributed by atoms with Crippen LogP contribution in [0, 0.1) is 0 Å². The van der Waals surface area contributed by atoms with E-state index in [0.717, 1.165) is 5.56 Å². The topological polar surface area (TPSA) is 92.0 Å². The third-order valence-electron chi connectivity index (χ3n) is 6.33. The van der Waals surface area contributed by atoms with Gasteiger partial charge in [0.25, 0.3) is 0 Å². The molecule has 0 aliphatic carbocycles. The highest BCUT2D eigenvalue weighted by Crippen LogP contribution is 2.48. The minimum absolute atomic E-state index is 0.116. The maximum absolute atomic E-state index is 13.4. The van der Waals surface area contributed by atoms with Crippen LogP contribution in [0.3, 0.4) is 0 Å². The van der Waals surface area contributed by atoms with Crippen molar-refractivity contribution in [2.45, 2.75) is 12.3 Å². The molecule has 0 spiro atoms. The predicted octanol–water partition coefficient (Wildman–Crippen LogP) is 5.51. The van der Waals surface area contributed by atoms with Crippen molar-refractivity contribution < 1.29 is 28.2 Å². The molecule has 8 heteroatoms. The van der Waals surface area contributed by atoms with E-state index in [9.17, 15) is 14.4 Å². The van der Waals surface area contributed by atoms with E-state index in [4.69, 9.17) is 30.2 Å². The lowest BCUT2D eigenvalue weighted by Crippen LogP contribution is -2.25. The molecule has 0 radical (unpaired) electrons. The van der Waals surface area contributed by atoms with Crippen molar-refractivity contribution in [3.05, 3.63) is 104 Å². The SMILES string of the molecule is COc1ccc(C=C2Oc3c(ccc4c3C(c3coc5ccc(Cl)cc5c3=O)CC(=O)O4)C2=O)cc1. The zero-order chi connectivity index (χ0) is 25.0. The largest absolute Gasteiger partial charge is 0.497 e. The summed E-state index contributed by atoms with van der Waals surface area (Å²) in [4.78, 5) is 39.1. The number of carbonyl (C=O) groups excluding carboxylic acids is 2. The molecule has 2 aliphatic heterocycles. The molecule has 1 atom stereocenters. The van der Waals surface area contributed by atoms with E-state index in [1.54, 1.807) is 61.7 Å². The van der Waals surface area contributed by atoms with Crippen LogP contribution in [0.1, 0.15) is 39.4 Å². The Bertz CT molecular complexity index is 1660. The first kappa shape index (κ1) is 22.1. The van der Waals surface area contributed by atoms with Crippen LogP contribution in [0.25, 0.3) is 17.0 Å². The normalized spacial score (nSPS) is 17.5. The molecule has 1 aromatic heterocycles. The number of fused-ring (bicyclic) bond motifs is 4. The van der Waals surface area contributed by atoms with Gasteiger partial charge in [-0.25, -0.2) is 0 Å². The Morgan fingerprint density at radius 2 is 1.81 bits per heavy atom. The van der Waals surface area contributed by atoms with Gasteiger partial charge in [0.15, 0.2) is 11.2 Å². The smallest absolute Gasteiger partial charge is 0.312 e. The van der Waals surface area contributed by atoms with Gasteiger partial charge in [-0.3, -0.25) is 14.4 Å². The molecule has 0 amide bonds. The highest BCUT2D eigenvalue weighted by molar-refractivity contribution is 6.31. The zero-order valence-electron chi connectivity index (χ0n) is 18.9. The average molecular weight is 501 g/mol. The number of ether oxygens (including phenoxy) is 3. The van der Waals surface area contributed by atoms with Crippen molar-refractivity contribution in [3.63, 3.8) is 0 Å². The van der Waals surface area contributed by atoms with E-state index in [1.807, 2.05) is 0 Å². The number of carbonyl (C=O) groups is 2. The van der Waals surface area contributed by atoms with Crippen LogP contribution in [0.2, 0.25) is 5.02 Å². The Morgan fingerprint density at radius 3 is 2.58 bits per heavy atom. The van der Waals surface area contributed by atoms with Gasteiger partial charge in [0.2, 0.25) is 5.78 Å². The Morgan fingerprint density at radius 1 is 1.00 bits per heavy atom. The molecule has 0 fully saturated rings. The maximum Gasteiger partial charge on any atom is 0.312 e. The van der Waals surface area contributed by atoms with Gasteiger partial charge in [-0.2, -0.15) is 0 Å². The Hall–Kier alpha value is -4.36. The number of Topliss-reactive ketones (excluding diaryl/α,β-unsaturated/α-hetero) is 1. The van der Waals surface area contributed by atoms with Crippen LogP contribution >= 0.6 is 11.6 Å². The zero-order valence-corrected chi connectivity index (χ0v) is 19.6. The van der Waals surface area contributed by atoms with Crippen molar-refractivity contribution in [2.24, 2.45) is 0 Å². The summed E-state index contributed by atoms with van der Waals surface area (Å²) in [5.41, 5.74) is 1.83. The van der Waals surface area contributed by atoms with Crippen molar-refractivity contribution in [3.8, 4) is 17.2 Å². The highest BCUT2D eigenvalue weighted by atomic mass is 35.5. The van der Waals surface area contributed by atoms with Crippen LogP contribution in [0.4, 0.5) is 0 Å². The molecule has 178 valence electrons. The predicted molar refractivity (Wildman–Crippen MR) is 132 cm³/mol. The van der Waals surface area contributed by atoms with Gasteiger partial charge < -0.3 is 18.6 Å². The molecule has 3 heterocycles. The maximum atomic E-state index is 13.4. The summed E-state index contributed by atoms with van der Waals surface area (Å²) >= 11 is 6.10. The molecule has 2 aliphatic rings. The van der Waals surface area contributed by atoms with Crippen molar-refractivity contribution >= 4 is 40.4 Å². The van der Waals surface area contributed by atoms with E-state index in [-0.39, 0.29) is 40.5 Å². The summed E-state index contributed by atoms with van der Waals surface area (Å²) in [6.45, 7) is 0. The van der Waals surface area contributed by atoms with E-state index >= 15 is 0 Å². The number of methoxy groups -OCH3 is 1. The monoisotopic (exact) mass is 500 g/mol. The number of halogens is 1. The van der Waals surface area contributed by atoms with E-state index in [2.05, 4.69) is 0 Å². The minimum Gasteiger partial charge on any atom is -0.497 e. The molecule has 0 saturated heterocycles. The summed E-state index contributed by atoms with van der Waals surface area (Å²) in [7, 11) is 1.57. The number of ketones is 1. The standard InChI is InChI=1S/C28H17ClO7/c1-33-16-5-2-14(3-6-16)10-23-27(32)17-7-9-22-25(28(17)36-23)18(12-24(30)35-22)20-13-34-21-8-4-15(29)11-19(21)26(20)31/h2-11,13,18H,12H2,1H3. The molecule has 1 unspecified atom stereocenters. The first-order valence-corrected chi connectivity index (χ1v) is 11.5. The van der Waals surface area contributed by atoms with Gasteiger partial charge in [-0.15, -0.1) is 0 Å². The summed E-state index contributed by atoms with van der Waals surface area (Å²) in [6.07, 6.45) is 2.86. The molecule has 0 N–H and O–H groups in total. The summed E-state index contributed by atoms with van der Waals surface area (Å²) < 4.78 is 22.4. The Labute approximate surface area is 209 Å². The lowest BCUT2D eigenvalue weighted by Gasteiger charge is -2.25. The van der Waals surface area contributed by atoms with E-state index in [0.29, 0.717) is 32.9 Å². The number of benzene rings is 3. The summed E-state index contributed by atoms with van der Waals surface area (Å²) in [5.74, 6) is -0.235. The van der Waals surface area contributed by atoms with Crippen LogP contribution in [-0.2, 0) is 4.79 Å². The fourth-order valence-electron chi connectivity index (χ4n) is 4.58. The average Bonchev–Trinajstić information content (AvgIpc) is 3.19. The molecule has 6 rings (SSSR count). The van der Waals surface area contributed by atoms with Crippen molar-refractivity contribution in [1.82, 2.24) is 0 Å². The van der Waals surface area contributed by atoms with Crippen molar-refractivity contribution in [1.29, 1.82) is 0 Å². The van der Waals surface area contributed by atoms with Gasteiger partial charge >= 0.3 is 5.97 Å². The number of hydrogen-bond acceptors (Lipinski definition) is 7. The molecule has 0 saturated carbocycles. The van der Waals surface area contributed by atoms with Crippen molar-refractivity contribution in [2.75, 3.05) is 7.11 Å². The van der Waals surface area contributed by atoms with Gasteiger partial charge in [0.1, 0.15) is 22.8 Å². The summed E-state index contributed by atoms with van der Waals surface area (Å²) in [6, 6.07) is 15.0. The summed E-state index contributed by atoms with van der Waals surface area (Å²) in [5, 5.41) is 0.684. The minimum atomic E-state index is -0.732. The molecule has 0 bridgehead atoms. The lowest BCUT2D eigenvalue weighted by molar-refractivity contribution is -0.135. The first-order valence-electron chi connectivity index (χ1n) is 11.1. The van der Waals surface area contributed by atoms with Crippen LogP contribution < -0.4 is 19.6 Å². The second-order valence-electron chi connectivity index (χ2n) is 8.46. The number of hydrogen-bond donors (Lipinski definition) is 0. The van der Waals surface area contributed by atoms with Crippen LogP contribution in [0.15, 0.2) is 75.8 Å². The molecule has 4 aromatic rings. The molecular weight excluding hydrogens is 484 g/mol. The van der Waals surface area contributed by atoms with Gasteiger partial charge in [-0.05, 0) is 54.1 Å². The molecule has 7 nitrogen and oxygen atoms in total. The fraction of sp³-hybridized carbons (Fsp3) is 0.107. The lowest BCUT2D eigenvalue weighted by atomic mass is 9.85. The fourth-order valence-corrected chi connectivity index (χ4v) is 4.75. The van der Waals surface area contributed by atoms with Crippen LogP contribution in [-0.4, -0.2) is 18.9 Å². The van der Waals surface area contributed by atoms with Gasteiger partial charge in [0.05, 0.1) is 30.7 Å². The van der Waals surface area contributed by atoms with Gasteiger partial charge in [-0.1, -0.05) is 23.7 Å². The Balaban J connectivity index is 1.48. The quantitative estimate of drug-likeness (QED) is 0.208. The van der Waals surface area contributed by atoms with Crippen LogP contribution in [0.5, 0.6) is 17.2 Å². The molecular formula is C28H17ClO7.